The number of carbonyl (C=O) groups is 1. The summed E-state index contributed by atoms with van der Waals surface area (Å²) in [4.78, 5) is 17.5. The maximum atomic E-state index is 13.5. The van der Waals surface area contributed by atoms with Gasteiger partial charge in [-0.05, 0) is 49.3 Å². The number of halogens is 1. The van der Waals surface area contributed by atoms with Crippen molar-refractivity contribution >= 4 is 30.0 Å². The fraction of sp³-hybridized carbons (Fsp3) is 0.240. The molecule has 3 aromatic rings. The smallest absolute Gasteiger partial charge is 0.254 e. The van der Waals surface area contributed by atoms with E-state index in [4.69, 9.17) is 4.42 Å². The molecule has 156 valence electrons. The van der Waals surface area contributed by atoms with Crippen LogP contribution in [0.25, 0.3) is 11.6 Å². The first kappa shape index (κ1) is 21.9. The lowest BCUT2D eigenvalue weighted by Crippen LogP contribution is -2.36. The van der Waals surface area contributed by atoms with E-state index < -0.39 is 0 Å². The van der Waals surface area contributed by atoms with E-state index in [9.17, 15) is 4.79 Å². The summed E-state index contributed by atoms with van der Waals surface area (Å²) in [6.45, 7) is 1.98. The zero-order valence-corrected chi connectivity index (χ0v) is 18.2. The molecule has 0 aliphatic carbocycles. The lowest BCUT2D eigenvalue weighted by Gasteiger charge is -2.27. The molecule has 5 heteroatoms. The molecule has 0 saturated heterocycles. The first-order valence-corrected chi connectivity index (χ1v) is 9.97. The van der Waals surface area contributed by atoms with Crippen molar-refractivity contribution in [1.82, 2.24) is 9.80 Å². The molecule has 1 aliphatic heterocycles. The second kappa shape index (κ2) is 9.79. The molecule has 1 aromatic heterocycles. The Morgan fingerprint density at radius 2 is 1.73 bits per heavy atom. The second-order valence-electron chi connectivity index (χ2n) is 7.71. The summed E-state index contributed by atoms with van der Waals surface area (Å²) in [5.41, 5.74) is 3.88. The molecule has 4 nitrogen and oxygen atoms in total. The number of hydrogen-bond donors (Lipinski definition) is 0. The molecule has 0 bridgehead atoms. The van der Waals surface area contributed by atoms with Crippen LogP contribution in [0.1, 0.15) is 28.2 Å². The molecule has 2 aromatic carbocycles. The predicted octanol–water partition coefficient (Wildman–Crippen LogP) is 4.89. The molecule has 30 heavy (non-hydrogen) atoms. The maximum Gasteiger partial charge on any atom is 0.254 e. The molecule has 0 radical (unpaired) electrons. The first-order valence-electron chi connectivity index (χ1n) is 9.97. The number of furan rings is 1. The molecule has 4 rings (SSSR count). The normalized spacial score (nSPS) is 13.7. The summed E-state index contributed by atoms with van der Waals surface area (Å²) in [7, 11) is 4.05. The highest BCUT2D eigenvalue weighted by Gasteiger charge is 2.27. The van der Waals surface area contributed by atoms with E-state index in [-0.39, 0.29) is 18.3 Å². The molecule has 0 saturated carbocycles. The zero-order valence-electron chi connectivity index (χ0n) is 17.4. The summed E-state index contributed by atoms with van der Waals surface area (Å²) >= 11 is 0. The number of nitrogens with zero attached hydrogens (tertiary/aromatic N) is 2. The van der Waals surface area contributed by atoms with E-state index in [0.717, 1.165) is 35.6 Å². The minimum Gasteiger partial charge on any atom is -0.463 e. The second-order valence-corrected chi connectivity index (χ2v) is 7.71. The van der Waals surface area contributed by atoms with Crippen molar-refractivity contribution in [2.24, 2.45) is 0 Å². The first-order chi connectivity index (χ1) is 14.1. The van der Waals surface area contributed by atoms with Gasteiger partial charge in [0.05, 0.1) is 13.1 Å². The Balaban J connectivity index is 0.00000256. The van der Waals surface area contributed by atoms with Gasteiger partial charge in [-0.1, -0.05) is 60.7 Å². The monoisotopic (exact) mass is 422 g/mol. The Bertz CT molecular complexity index is 1010. The van der Waals surface area contributed by atoms with Gasteiger partial charge in [-0.2, -0.15) is 0 Å². The average Bonchev–Trinajstić information content (AvgIpc) is 3.13. The quantitative estimate of drug-likeness (QED) is 0.434. The van der Waals surface area contributed by atoms with Crippen LogP contribution in [0.2, 0.25) is 0 Å². The van der Waals surface area contributed by atoms with Crippen molar-refractivity contribution in [2.75, 3.05) is 20.6 Å². The van der Waals surface area contributed by atoms with Crippen LogP contribution in [0.4, 0.5) is 0 Å². The molecule has 0 spiro atoms. The Morgan fingerprint density at radius 1 is 1.07 bits per heavy atom. The molecule has 0 unspecified atom stereocenters. The molecule has 2 heterocycles. The van der Waals surface area contributed by atoms with Gasteiger partial charge in [0.2, 0.25) is 0 Å². The number of rotatable bonds is 5. The summed E-state index contributed by atoms with van der Waals surface area (Å²) in [6.07, 6.45) is 2.80. The van der Waals surface area contributed by atoms with Crippen molar-refractivity contribution in [1.29, 1.82) is 0 Å². The lowest BCUT2D eigenvalue weighted by molar-refractivity contribution is -0.126. The summed E-state index contributed by atoms with van der Waals surface area (Å²) < 4.78 is 6.05. The Hall–Kier alpha value is -2.82. The minimum atomic E-state index is 0. The molecule has 1 aliphatic rings. The zero-order chi connectivity index (χ0) is 20.2. The van der Waals surface area contributed by atoms with Crippen LogP contribution in [0, 0.1) is 0 Å². The van der Waals surface area contributed by atoms with Crippen LogP contribution in [0.5, 0.6) is 0 Å². The van der Waals surface area contributed by atoms with Crippen LogP contribution < -0.4 is 0 Å². The lowest BCUT2D eigenvalue weighted by atomic mass is 9.99. The van der Waals surface area contributed by atoms with Gasteiger partial charge in [-0.25, -0.2) is 0 Å². The van der Waals surface area contributed by atoms with Gasteiger partial charge in [0.1, 0.15) is 11.5 Å². The third kappa shape index (κ3) is 5.02. The molecule has 1 amide bonds. The van der Waals surface area contributed by atoms with E-state index in [0.29, 0.717) is 18.7 Å². The maximum absolute atomic E-state index is 13.5. The van der Waals surface area contributed by atoms with Gasteiger partial charge >= 0.3 is 0 Å². The highest BCUT2D eigenvalue weighted by molar-refractivity contribution is 6.24. The molecular formula is C25H27ClN2O2. The molecule has 0 N–H and O–H groups in total. The van der Waals surface area contributed by atoms with Gasteiger partial charge in [0.25, 0.3) is 5.91 Å². The predicted molar refractivity (Wildman–Crippen MR) is 123 cm³/mol. The van der Waals surface area contributed by atoms with E-state index in [1.807, 2.05) is 85.7 Å². The Morgan fingerprint density at radius 3 is 2.40 bits per heavy atom. The van der Waals surface area contributed by atoms with Gasteiger partial charge < -0.3 is 14.2 Å². The van der Waals surface area contributed by atoms with Crippen molar-refractivity contribution < 1.29 is 9.21 Å². The van der Waals surface area contributed by atoms with E-state index >= 15 is 0 Å². The van der Waals surface area contributed by atoms with Gasteiger partial charge in [-0.15, -0.1) is 12.4 Å². The van der Waals surface area contributed by atoms with Crippen molar-refractivity contribution in [3.8, 4) is 0 Å². The fourth-order valence-electron chi connectivity index (χ4n) is 3.72. The van der Waals surface area contributed by atoms with Crippen LogP contribution in [-0.4, -0.2) is 36.3 Å². The van der Waals surface area contributed by atoms with Gasteiger partial charge in [0, 0.05) is 12.1 Å². The van der Waals surface area contributed by atoms with Crippen molar-refractivity contribution in [3.05, 3.63) is 94.9 Å². The van der Waals surface area contributed by atoms with Crippen molar-refractivity contribution in [2.45, 2.75) is 19.5 Å². The average molecular weight is 423 g/mol. The standard InChI is InChI=1S/C25H26N2O2.ClH/c1-26(2)17-22-16-21-13-14-27(18-24(21)29-22)25(28)23(20-11-7-4-8-12-20)15-19-9-5-3-6-10-19;/h3-12,15-16H,13-14,17-18H2,1-2H3;1H. The molecule has 0 fully saturated rings. The number of fused-ring (bicyclic) bond motifs is 1. The molecule has 0 atom stereocenters. The third-order valence-electron chi connectivity index (χ3n) is 5.12. The Kier molecular flexibility index (Phi) is 7.14. The SMILES string of the molecule is CN(C)Cc1cc2c(o1)CN(C(=O)C(=Cc1ccccc1)c1ccccc1)CC2.Cl. The Labute approximate surface area is 184 Å². The van der Waals surface area contributed by atoms with Gasteiger partial charge in [-0.3, -0.25) is 4.79 Å². The number of carbonyl (C=O) groups excluding carboxylic acids is 1. The van der Waals surface area contributed by atoms with E-state index in [2.05, 4.69) is 11.0 Å². The number of amides is 1. The van der Waals surface area contributed by atoms with Gasteiger partial charge in [0.15, 0.2) is 0 Å². The summed E-state index contributed by atoms with van der Waals surface area (Å²) in [6, 6.07) is 22.0. The molecular weight excluding hydrogens is 396 g/mol. The fourth-order valence-corrected chi connectivity index (χ4v) is 3.72. The highest BCUT2D eigenvalue weighted by atomic mass is 35.5. The van der Waals surface area contributed by atoms with Crippen LogP contribution in [0.15, 0.2) is 71.1 Å². The van der Waals surface area contributed by atoms with E-state index in [1.54, 1.807) is 0 Å². The van der Waals surface area contributed by atoms with Crippen LogP contribution >= 0.6 is 12.4 Å². The van der Waals surface area contributed by atoms with Crippen molar-refractivity contribution in [3.63, 3.8) is 0 Å². The summed E-state index contributed by atoms with van der Waals surface area (Å²) in [5, 5.41) is 0. The summed E-state index contributed by atoms with van der Waals surface area (Å²) in [5.74, 6) is 1.90. The number of benzene rings is 2. The third-order valence-corrected chi connectivity index (χ3v) is 5.12. The number of hydrogen-bond acceptors (Lipinski definition) is 3. The highest BCUT2D eigenvalue weighted by Crippen LogP contribution is 2.27. The minimum absolute atomic E-state index is 0. The topological polar surface area (TPSA) is 36.7 Å². The largest absolute Gasteiger partial charge is 0.463 e. The van der Waals surface area contributed by atoms with Crippen LogP contribution in [0.3, 0.4) is 0 Å². The van der Waals surface area contributed by atoms with Crippen LogP contribution in [-0.2, 0) is 24.3 Å². The van der Waals surface area contributed by atoms with E-state index in [1.165, 1.54) is 5.56 Å².